The largest absolute Gasteiger partial charge is 0.392 e. The molecule has 2 aliphatic carbocycles. The first kappa shape index (κ1) is 23.8. The van der Waals surface area contributed by atoms with Gasteiger partial charge in [0.25, 0.3) is 5.56 Å². The van der Waals surface area contributed by atoms with Gasteiger partial charge in [0.1, 0.15) is 11.5 Å². The van der Waals surface area contributed by atoms with Gasteiger partial charge < -0.3 is 15.8 Å². The first-order chi connectivity index (χ1) is 19.0. The molecule has 3 heterocycles. The van der Waals surface area contributed by atoms with Gasteiger partial charge in [-0.15, -0.1) is 0 Å². The summed E-state index contributed by atoms with van der Waals surface area (Å²) in [6.07, 6.45) is 10.4. The van der Waals surface area contributed by atoms with Crippen molar-refractivity contribution in [2.24, 2.45) is 0 Å². The maximum atomic E-state index is 15.2. The number of aromatic amines is 1. The summed E-state index contributed by atoms with van der Waals surface area (Å²) in [7, 11) is 0. The zero-order chi connectivity index (χ0) is 26.7. The van der Waals surface area contributed by atoms with Crippen molar-refractivity contribution in [2.45, 2.75) is 51.0 Å². The number of nitrogens with two attached hydrogens (primary N) is 1. The second-order valence-electron chi connectivity index (χ2n) is 10.5. The highest BCUT2D eigenvalue weighted by Crippen LogP contribution is 2.41. The van der Waals surface area contributed by atoms with Crippen LogP contribution in [0.3, 0.4) is 0 Å². The molecule has 39 heavy (non-hydrogen) atoms. The maximum Gasteiger partial charge on any atom is 0.265 e. The summed E-state index contributed by atoms with van der Waals surface area (Å²) in [5.74, 6) is -0.0312. The molecule has 0 unspecified atom stereocenters. The molecule has 7 nitrogen and oxygen atoms in total. The summed E-state index contributed by atoms with van der Waals surface area (Å²) in [6, 6.07) is 12.6. The molecule has 196 valence electrons. The highest BCUT2D eigenvalue weighted by Gasteiger charge is 2.25. The summed E-state index contributed by atoms with van der Waals surface area (Å²) in [6.45, 7) is -0.354. The molecular weight excluding hydrogens is 493 g/mol. The number of halogens is 1. The van der Waals surface area contributed by atoms with E-state index in [-0.39, 0.29) is 17.9 Å². The number of nitrogens with one attached hydrogen (secondary N) is 1. The Kier molecular flexibility index (Phi) is 5.59. The SMILES string of the molecule is Nc1nc(-c2cccc(-n3ccc4cc(C5CC5)cc(F)c4c3=O)c2CO)c2cc(C3=CCCCC3)[nH]c2n1. The van der Waals surface area contributed by atoms with Crippen LogP contribution in [0.15, 0.2) is 59.5 Å². The first-order valence-corrected chi connectivity index (χ1v) is 13.5. The van der Waals surface area contributed by atoms with Crippen LogP contribution < -0.4 is 11.3 Å². The van der Waals surface area contributed by atoms with E-state index in [1.165, 1.54) is 22.6 Å². The van der Waals surface area contributed by atoms with E-state index < -0.39 is 11.4 Å². The van der Waals surface area contributed by atoms with Gasteiger partial charge in [0.15, 0.2) is 0 Å². The number of allylic oxidation sites excluding steroid dienone is 2. The van der Waals surface area contributed by atoms with Crippen molar-refractivity contribution < 1.29 is 9.50 Å². The average Bonchev–Trinajstić information content (AvgIpc) is 3.71. The van der Waals surface area contributed by atoms with Gasteiger partial charge in [-0.25, -0.2) is 9.37 Å². The van der Waals surface area contributed by atoms with Gasteiger partial charge in [0, 0.05) is 28.4 Å². The lowest BCUT2D eigenvalue weighted by molar-refractivity contribution is 0.282. The normalized spacial score (nSPS) is 15.7. The van der Waals surface area contributed by atoms with Gasteiger partial charge in [-0.3, -0.25) is 9.36 Å². The second kappa shape index (κ2) is 9.17. The van der Waals surface area contributed by atoms with Crippen LogP contribution in [0.4, 0.5) is 10.3 Å². The lowest BCUT2D eigenvalue weighted by Crippen LogP contribution is -2.20. The van der Waals surface area contributed by atoms with Crippen molar-refractivity contribution in [3.63, 3.8) is 0 Å². The monoisotopic (exact) mass is 521 g/mol. The molecule has 0 bridgehead atoms. The number of hydrogen-bond acceptors (Lipinski definition) is 5. The zero-order valence-electron chi connectivity index (χ0n) is 21.4. The Hall–Kier alpha value is -4.30. The smallest absolute Gasteiger partial charge is 0.265 e. The number of fused-ring (bicyclic) bond motifs is 2. The number of rotatable bonds is 5. The number of nitrogens with zero attached hydrogens (tertiary/aromatic N) is 3. The minimum Gasteiger partial charge on any atom is -0.392 e. The Labute approximate surface area is 223 Å². The van der Waals surface area contributed by atoms with Crippen LogP contribution in [0.25, 0.3) is 44.3 Å². The van der Waals surface area contributed by atoms with E-state index in [0.717, 1.165) is 48.7 Å². The Morgan fingerprint density at radius 2 is 2.00 bits per heavy atom. The molecule has 8 heteroatoms. The van der Waals surface area contributed by atoms with Crippen LogP contribution in [-0.4, -0.2) is 24.6 Å². The van der Waals surface area contributed by atoms with E-state index in [2.05, 4.69) is 21.0 Å². The van der Waals surface area contributed by atoms with E-state index in [4.69, 9.17) is 5.73 Å². The molecule has 0 aliphatic heterocycles. The third-order valence-electron chi connectivity index (χ3n) is 7.99. The fraction of sp³-hybridized carbons (Fsp3) is 0.258. The Bertz CT molecular complexity index is 1870. The summed E-state index contributed by atoms with van der Waals surface area (Å²) in [4.78, 5) is 26.0. The molecule has 0 amide bonds. The number of aliphatic hydroxyl groups is 1. The molecule has 3 aromatic heterocycles. The second-order valence-corrected chi connectivity index (χ2v) is 10.5. The minimum atomic E-state index is -0.516. The average molecular weight is 522 g/mol. The molecular formula is C31H28FN5O2. The number of aliphatic hydroxyl groups excluding tert-OH is 1. The van der Waals surface area contributed by atoms with Gasteiger partial charge in [-0.2, -0.15) is 4.98 Å². The third kappa shape index (κ3) is 4.03. The van der Waals surface area contributed by atoms with E-state index in [9.17, 15) is 9.90 Å². The van der Waals surface area contributed by atoms with Crippen molar-refractivity contribution >= 4 is 33.3 Å². The molecule has 1 fully saturated rings. The van der Waals surface area contributed by atoms with Crippen molar-refractivity contribution in [3.8, 4) is 16.9 Å². The molecule has 5 aromatic rings. The lowest BCUT2D eigenvalue weighted by atomic mass is 9.96. The topological polar surface area (TPSA) is 110 Å². The quantitative estimate of drug-likeness (QED) is 0.264. The number of benzene rings is 2. The molecule has 2 aromatic carbocycles. The molecule has 0 radical (unpaired) electrons. The number of hydrogen-bond donors (Lipinski definition) is 3. The van der Waals surface area contributed by atoms with Crippen molar-refractivity contribution in [1.29, 1.82) is 0 Å². The Morgan fingerprint density at radius 3 is 2.77 bits per heavy atom. The summed E-state index contributed by atoms with van der Waals surface area (Å²) < 4.78 is 16.6. The Balaban J connectivity index is 1.40. The number of nitrogen functional groups attached to an aromatic ring is 1. The molecule has 7 rings (SSSR count). The van der Waals surface area contributed by atoms with Gasteiger partial charge in [-0.1, -0.05) is 24.3 Å². The summed E-state index contributed by atoms with van der Waals surface area (Å²) in [5.41, 5.74) is 11.6. The first-order valence-electron chi connectivity index (χ1n) is 13.5. The highest BCUT2D eigenvalue weighted by molar-refractivity contribution is 5.95. The van der Waals surface area contributed by atoms with E-state index in [1.807, 2.05) is 18.2 Å². The predicted molar refractivity (Wildman–Crippen MR) is 151 cm³/mol. The summed E-state index contributed by atoms with van der Waals surface area (Å²) >= 11 is 0. The van der Waals surface area contributed by atoms with Crippen LogP contribution in [-0.2, 0) is 6.61 Å². The van der Waals surface area contributed by atoms with Crippen LogP contribution >= 0.6 is 0 Å². The van der Waals surface area contributed by atoms with Crippen molar-refractivity contribution in [2.75, 3.05) is 5.73 Å². The van der Waals surface area contributed by atoms with Gasteiger partial charge in [-0.05, 0) is 85.2 Å². The Morgan fingerprint density at radius 1 is 1.13 bits per heavy atom. The van der Waals surface area contributed by atoms with E-state index in [1.54, 1.807) is 24.4 Å². The number of H-pyrrole nitrogens is 1. The number of aromatic nitrogens is 4. The van der Waals surface area contributed by atoms with Crippen molar-refractivity contribution in [3.05, 3.63) is 87.7 Å². The molecule has 4 N–H and O–H groups in total. The standard InChI is InChI=1S/C31H28FN5O2/c32-24-14-20(17-9-10-17)13-19-11-12-37(30(39)27(19)24)26-8-4-7-21(23(26)16-38)28-22-15-25(18-5-2-1-3-6-18)34-29(22)36-31(33)35-28/h4-5,7-8,11-15,17,38H,1-3,6,9-10,16H2,(H3,33,34,35,36). The van der Waals surface area contributed by atoms with Crippen molar-refractivity contribution in [1.82, 2.24) is 19.5 Å². The molecule has 2 aliphatic rings. The molecule has 1 saturated carbocycles. The van der Waals surface area contributed by atoms with Crippen LogP contribution in [0.1, 0.15) is 61.3 Å². The predicted octanol–water partition coefficient (Wildman–Crippen LogP) is 5.98. The molecule has 0 spiro atoms. The van der Waals surface area contributed by atoms with Gasteiger partial charge in [0.2, 0.25) is 5.95 Å². The fourth-order valence-electron chi connectivity index (χ4n) is 5.87. The van der Waals surface area contributed by atoms with E-state index in [0.29, 0.717) is 39.5 Å². The molecule has 0 atom stereocenters. The number of pyridine rings is 1. The molecule has 0 saturated heterocycles. The zero-order valence-corrected chi connectivity index (χ0v) is 21.4. The van der Waals surface area contributed by atoms with Gasteiger partial charge >= 0.3 is 0 Å². The third-order valence-corrected chi connectivity index (χ3v) is 7.99. The lowest BCUT2D eigenvalue weighted by Gasteiger charge is -2.16. The van der Waals surface area contributed by atoms with E-state index >= 15 is 4.39 Å². The number of anilines is 1. The van der Waals surface area contributed by atoms with Gasteiger partial charge in [0.05, 0.1) is 23.4 Å². The van der Waals surface area contributed by atoms with Crippen LogP contribution in [0.2, 0.25) is 0 Å². The van der Waals surface area contributed by atoms with Crippen LogP contribution in [0, 0.1) is 5.82 Å². The summed E-state index contributed by atoms with van der Waals surface area (Å²) in [5, 5.41) is 12.0. The highest BCUT2D eigenvalue weighted by atomic mass is 19.1. The van der Waals surface area contributed by atoms with Crippen LogP contribution in [0.5, 0.6) is 0 Å². The maximum absolute atomic E-state index is 15.2. The minimum absolute atomic E-state index is 0.0425. The fourth-order valence-corrected chi connectivity index (χ4v) is 5.87.